The summed E-state index contributed by atoms with van der Waals surface area (Å²) in [5.74, 6) is 1.30. The molecule has 3 unspecified atom stereocenters. The summed E-state index contributed by atoms with van der Waals surface area (Å²) in [5.41, 5.74) is 5.85. The van der Waals surface area contributed by atoms with E-state index in [1.807, 2.05) is 0 Å². The summed E-state index contributed by atoms with van der Waals surface area (Å²) in [4.78, 5) is 2.43. The molecule has 1 saturated heterocycles. The Kier molecular flexibility index (Phi) is 4.67. The molecular weight excluding hydrogens is 248 g/mol. The van der Waals surface area contributed by atoms with E-state index in [0.29, 0.717) is 23.5 Å². The van der Waals surface area contributed by atoms with Crippen LogP contribution in [0.2, 0.25) is 0 Å². The number of hydrogen-bond donors (Lipinski definition) is 1. The maximum atomic E-state index is 11.8. The van der Waals surface area contributed by atoms with Gasteiger partial charge < -0.3 is 5.73 Å². The number of hydrogen-bond acceptors (Lipinski definition) is 4. The molecule has 0 radical (unpaired) electrons. The maximum Gasteiger partial charge on any atom is 0.151 e. The SMILES string of the molecule is CCN(C1CCCS(=O)(=O)C1)C1CCCC1CN. The highest BCUT2D eigenvalue weighted by molar-refractivity contribution is 7.91. The summed E-state index contributed by atoms with van der Waals surface area (Å²) in [6.45, 7) is 3.83. The van der Waals surface area contributed by atoms with Crippen LogP contribution in [0, 0.1) is 5.92 Å². The third kappa shape index (κ3) is 3.06. The predicted octanol–water partition coefficient (Wildman–Crippen LogP) is 1.01. The normalized spacial score (nSPS) is 36.1. The number of rotatable bonds is 4. The highest BCUT2D eigenvalue weighted by atomic mass is 32.2. The van der Waals surface area contributed by atoms with E-state index in [1.54, 1.807) is 0 Å². The van der Waals surface area contributed by atoms with Crippen molar-refractivity contribution >= 4 is 9.84 Å². The molecule has 0 amide bonds. The van der Waals surface area contributed by atoms with E-state index in [-0.39, 0.29) is 6.04 Å². The first-order chi connectivity index (χ1) is 8.57. The van der Waals surface area contributed by atoms with Crippen LogP contribution >= 0.6 is 0 Å². The van der Waals surface area contributed by atoms with Crippen molar-refractivity contribution in [3.8, 4) is 0 Å². The highest BCUT2D eigenvalue weighted by Gasteiger charge is 2.37. The van der Waals surface area contributed by atoms with E-state index in [2.05, 4.69) is 11.8 Å². The quantitative estimate of drug-likeness (QED) is 0.831. The van der Waals surface area contributed by atoms with Gasteiger partial charge >= 0.3 is 0 Å². The van der Waals surface area contributed by atoms with Gasteiger partial charge in [-0.05, 0) is 44.7 Å². The Bertz CT molecular complexity index is 369. The molecule has 5 heteroatoms. The molecule has 1 aliphatic carbocycles. The van der Waals surface area contributed by atoms with Crippen LogP contribution in [0.4, 0.5) is 0 Å². The molecule has 2 fully saturated rings. The molecule has 2 aliphatic rings. The van der Waals surface area contributed by atoms with E-state index < -0.39 is 9.84 Å². The molecule has 2 rings (SSSR count). The Labute approximate surface area is 111 Å². The van der Waals surface area contributed by atoms with Crippen molar-refractivity contribution in [2.24, 2.45) is 11.7 Å². The van der Waals surface area contributed by atoms with E-state index in [0.717, 1.165) is 25.9 Å². The third-order valence-electron chi connectivity index (χ3n) is 4.62. The van der Waals surface area contributed by atoms with Crippen LogP contribution in [0.25, 0.3) is 0 Å². The van der Waals surface area contributed by atoms with Crippen molar-refractivity contribution in [3.63, 3.8) is 0 Å². The standard InChI is InChI=1S/C13H26N2O2S/c1-2-15(13-7-3-5-11(13)9-14)12-6-4-8-18(16,17)10-12/h11-13H,2-10,14H2,1H3. The van der Waals surface area contributed by atoms with Crippen molar-refractivity contribution in [3.05, 3.63) is 0 Å². The van der Waals surface area contributed by atoms with E-state index in [4.69, 9.17) is 5.73 Å². The van der Waals surface area contributed by atoms with Gasteiger partial charge in [0.15, 0.2) is 9.84 Å². The minimum absolute atomic E-state index is 0.228. The van der Waals surface area contributed by atoms with Crippen molar-refractivity contribution in [1.29, 1.82) is 0 Å². The molecule has 0 aromatic heterocycles. The average Bonchev–Trinajstić information content (AvgIpc) is 2.77. The van der Waals surface area contributed by atoms with Crippen LogP contribution < -0.4 is 5.73 Å². The molecule has 1 heterocycles. The van der Waals surface area contributed by atoms with Crippen molar-refractivity contribution in [2.45, 2.75) is 51.1 Å². The fourth-order valence-corrected chi connectivity index (χ4v) is 5.47. The second-order valence-corrected chi connectivity index (χ2v) is 7.96. The fourth-order valence-electron chi connectivity index (χ4n) is 3.75. The molecule has 0 aromatic rings. The summed E-state index contributed by atoms with van der Waals surface area (Å²) < 4.78 is 23.6. The summed E-state index contributed by atoms with van der Waals surface area (Å²) in [6.07, 6.45) is 5.48. The first-order valence-corrected chi connectivity index (χ1v) is 9.05. The Morgan fingerprint density at radius 1 is 1.22 bits per heavy atom. The van der Waals surface area contributed by atoms with Gasteiger partial charge in [-0.15, -0.1) is 0 Å². The fraction of sp³-hybridized carbons (Fsp3) is 1.00. The Balaban J connectivity index is 2.08. The number of sulfone groups is 1. The number of nitrogens with zero attached hydrogens (tertiary/aromatic N) is 1. The van der Waals surface area contributed by atoms with Crippen molar-refractivity contribution in [2.75, 3.05) is 24.6 Å². The van der Waals surface area contributed by atoms with Crippen LogP contribution in [0.5, 0.6) is 0 Å². The molecule has 0 aromatic carbocycles. The Morgan fingerprint density at radius 3 is 2.61 bits per heavy atom. The van der Waals surface area contributed by atoms with Crippen LogP contribution in [-0.4, -0.2) is 50.0 Å². The van der Waals surface area contributed by atoms with Crippen molar-refractivity contribution < 1.29 is 8.42 Å². The zero-order chi connectivity index (χ0) is 13.2. The predicted molar refractivity (Wildman–Crippen MR) is 74.2 cm³/mol. The lowest BCUT2D eigenvalue weighted by atomic mass is 9.99. The lowest BCUT2D eigenvalue weighted by Gasteiger charge is -2.39. The van der Waals surface area contributed by atoms with Crippen LogP contribution in [0.3, 0.4) is 0 Å². The number of nitrogens with two attached hydrogens (primary N) is 1. The molecule has 18 heavy (non-hydrogen) atoms. The molecule has 1 saturated carbocycles. The summed E-state index contributed by atoms with van der Waals surface area (Å²) in [5, 5.41) is 0. The first-order valence-electron chi connectivity index (χ1n) is 7.23. The van der Waals surface area contributed by atoms with Crippen LogP contribution in [-0.2, 0) is 9.84 Å². The van der Waals surface area contributed by atoms with E-state index in [1.165, 1.54) is 19.3 Å². The van der Waals surface area contributed by atoms with E-state index >= 15 is 0 Å². The monoisotopic (exact) mass is 274 g/mol. The van der Waals surface area contributed by atoms with E-state index in [9.17, 15) is 8.42 Å². The van der Waals surface area contributed by atoms with Crippen molar-refractivity contribution in [1.82, 2.24) is 4.90 Å². The van der Waals surface area contributed by atoms with Gasteiger partial charge in [-0.3, -0.25) is 4.90 Å². The second-order valence-electron chi connectivity index (χ2n) is 5.73. The third-order valence-corrected chi connectivity index (χ3v) is 6.42. The first kappa shape index (κ1) is 14.3. The Hall–Kier alpha value is -0.130. The molecule has 4 nitrogen and oxygen atoms in total. The molecular formula is C13H26N2O2S. The van der Waals surface area contributed by atoms with Gasteiger partial charge in [0.2, 0.25) is 0 Å². The molecule has 106 valence electrons. The van der Waals surface area contributed by atoms with Gasteiger partial charge in [0.05, 0.1) is 11.5 Å². The van der Waals surface area contributed by atoms with Gasteiger partial charge in [-0.25, -0.2) is 8.42 Å². The Morgan fingerprint density at radius 2 is 2.00 bits per heavy atom. The minimum Gasteiger partial charge on any atom is -0.330 e. The molecule has 0 bridgehead atoms. The lowest BCUT2D eigenvalue weighted by Crippen LogP contribution is -2.50. The molecule has 2 N–H and O–H groups in total. The van der Waals surface area contributed by atoms with Gasteiger partial charge in [0.1, 0.15) is 0 Å². The zero-order valence-corrected chi connectivity index (χ0v) is 12.2. The summed E-state index contributed by atoms with van der Waals surface area (Å²) >= 11 is 0. The summed E-state index contributed by atoms with van der Waals surface area (Å²) in [6, 6.07) is 0.740. The lowest BCUT2D eigenvalue weighted by molar-refractivity contribution is 0.117. The topological polar surface area (TPSA) is 63.4 Å². The zero-order valence-electron chi connectivity index (χ0n) is 11.3. The molecule has 0 spiro atoms. The van der Waals surface area contributed by atoms with Crippen LogP contribution in [0.1, 0.15) is 39.0 Å². The maximum absolute atomic E-state index is 11.8. The van der Waals surface area contributed by atoms with Gasteiger partial charge in [0.25, 0.3) is 0 Å². The largest absolute Gasteiger partial charge is 0.330 e. The van der Waals surface area contributed by atoms with Gasteiger partial charge in [0, 0.05) is 12.1 Å². The second kappa shape index (κ2) is 5.88. The summed E-state index contributed by atoms with van der Waals surface area (Å²) in [7, 11) is -2.81. The minimum atomic E-state index is -2.81. The smallest absolute Gasteiger partial charge is 0.151 e. The average molecular weight is 274 g/mol. The van der Waals surface area contributed by atoms with Gasteiger partial charge in [-0.2, -0.15) is 0 Å². The highest BCUT2D eigenvalue weighted by Crippen LogP contribution is 2.32. The molecule has 3 atom stereocenters. The molecule has 1 aliphatic heterocycles. The van der Waals surface area contributed by atoms with Gasteiger partial charge in [-0.1, -0.05) is 13.3 Å². The van der Waals surface area contributed by atoms with Crippen LogP contribution in [0.15, 0.2) is 0 Å².